The third-order valence-electron chi connectivity index (χ3n) is 3.84. The SMILES string of the molecule is C[C@@H]1NC(=O)CNC(=O)[C@H](Cc2cnc[nH]2)NC(=O)[C@H](CC(N)=O)NC1=O. The Balaban J connectivity index is 2.25. The molecule has 2 rings (SSSR count). The predicted octanol–water partition coefficient (Wildman–Crippen LogP) is -3.57. The summed E-state index contributed by atoms with van der Waals surface area (Å²) >= 11 is 0. The van der Waals surface area contributed by atoms with Crippen molar-refractivity contribution in [3.63, 3.8) is 0 Å². The van der Waals surface area contributed by atoms with E-state index in [9.17, 15) is 24.0 Å². The van der Waals surface area contributed by atoms with Gasteiger partial charge in [0.1, 0.15) is 18.1 Å². The van der Waals surface area contributed by atoms with Gasteiger partial charge in [0.25, 0.3) is 0 Å². The molecule has 0 spiro atoms. The second kappa shape index (κ2) is 8.78. The van der Waals surface area contributed by atoms with Gasteiger partial charge in [-0.3, -0.25) is 24.0 Å². The zero-order chi connectivity index (χ0) is 20.0. The number of aromatic nitrogens is 2. The summed E-state index contributed by atoms with van der Waals surface area (Å²) in [6, 6.07) is -3.32. The van der Waals surface area contributed by atoms with Crippen LogP contribution >= 0.6 is 0 Å². The highest BCUT2D eigenvalue weighted by Crippen LogP contribution is 2.02. The first-order valence-corrected chi connectivity index (χ1v) is 8.19. The quantitative estimate of drug-likeness (QED) is 0.314. The Bertz CT molecular complexity index is 733. The van der Waals surface area contributed by atoms with Crippen LogP contribution in [0.2, 0.25) is 0 Å². The van der Waals surface area contributed by atoms with Crippen molar-refractivity contribution in [1.82, 2.24) is 31.2 Å². The largest absolute Gasteiger partial charge is 0.370 e. The number of aromatic amines is 1. The first kappa shape index (κ1) is 19.9. The molecule has 27 heavy (non-hydrogen) atoms. The van der Waals surface area contributed by atoms with Crippen LogP contribution in [0.3, 0.4) is 0 Å². The molecule has 2 heterocycles. The first-order chi connectivity index (χ1) is 12.8. The molecule has 1 fully saturated rings. The van der Waals surface area contributed by atoms with Gasteiger partial charge >= 0.3 is 0 Å². The van der Waals surface area contributed by atoms with Gasteiger partial charge in [-0.1, -0.05) is 0 Å². The van der Waals surface area contributed by atoms with Crippen LogP contribution in [0.1, 0.15) is 19.0 Å². The maximum atomic E-state index is 12.5. The molecule has 5 amide bonds. The summed E-state index contributed by atoms with van der Waals surface area (Å²) in [5, 5.41) is 9.63. The fraction of sp³-hybridized carbons (Fsp3) is 0.467. The maximum absolute atomic E-state index is 12.5. The van der Waals surface area contributed by atoms with Gasteiger partial charge in [0, 0.05) is 18.3 Å². The van der Waals surface area contributed by atoms with Crippen molar-refractivity contribution in [3.05, 3.63) is 18.2 Å². The van der Waals surface area contributed by atoms with E-state index in [0.29, 0.717) is 5.69 Å². The van der Waals surface area contributed by atoms with Crippen LogP contribution in [0.5, 0.6) is 0 Å². The molecule has 0 aliphatic carbocycles. The first-order valence-electron chi connectivity index (χ1n) is 8.19. The lowest BCUT2D eigenvalue weighted by Gasteiger charge is -2.25. The highest BCUT2D eigenvalue weighted by atomic mass is 16.2. The maximum Gasteiger partial charge on any atom is 0.243 e. The number of nitrogens with zero attached hydrogens (tertiary/aromatic N) is 1. The topological polar surface area (TPSA) is 188 Å². The Labute approximate surface area is 154 Å². The number of nitrogens with one attached hydrogen (secondary N) is 5. The molecule has 146 valence electrons. The summed E-state index contributed by atoms with van der Waals surface area (Å²) in [6.45, 7) is 1.04. The summed E-state index contributed by atoms with van der Waals surface area (Å²) in [5.41, 5.74) is 5.71. The van der Waals surface area contributed by atoms with Crippen LogP contribution in [-0.4, -0.2) is 64.2 Å². The second-order valence-corrected chi connectivity index (χ2v) is 6.08. The monoisotopic (exact) mass is 379 g/mol. The van der Waals surface area contributed by atoms with E-state index in [1.165, 1.54) is 19.4 Å². The van der Waals surface area contributed by atoms with Gasteiger partial charge in [-0.05, 0) is 6.92 Å². The van der Waals surface area contributed by atoms with E-state index in [1.54, 1.807) is 0 Å². The van der Waals surface area contributed by atoms with Crippen LogP contribution in [0.15, 0.2) is 12.5 Å². The van der Waals surface area contributed by atoms with Gasteiger partial charge in [-0.25, -0.2) is 4.98 Å². The smallest absolute Gasteiger partial charge is 0.243 e. The summed E-state index contributed by atoms with van der Waals surface area (Å²) in [7, 11) is 0. The molecule has 0 saturated carbocycles. The molecule has 0 aromatic carbocycles. The van der Waals surface area contributed by atoms with E-state index in [0.717, 1.165) is 0 Å². The highest BCUT2D eigenvalue weighted by Gasteiger charge is 2.30. The molecule has 0 bridgehead atoms. The van der Waals surface area contributed by atoms with Crippen molar-refractivity contribution < 1.29 is 24.0 Å². The average Bonchev–Trinajstić information content (AvgIpc) is 3.10. The Hall–Kier alpha value is -3.44. The standard InChI is InChI=1S/C15H21N7O5/c1-7-13(25)21-10(3-11(16)23)15(27)22-9(2-8-4-17-6-19-8)14(26)18-5-12(24)20-7/h4,6-7,9-10H,2-3,5H2,1H3,(H2,16,23)(H,17,19)(H,18,26)(H,20,24)(H,21,25)(H,22,27)/t7-,9-,10-/m0/s1. The van der Waals surface area contributed by atoms with Crippen molar-refractivity contribution in [2.24, 2.45) is 5.73 Å². The number of H-pyrrole nitrogens is 1. The van der Waals surface area contributed by atoms with Crippen LogP contribution < -0.4 is 27.0 Å². The number of carbonyl (C=O) groups is 5. The third-order valence-corrected chi connectivity index (χ3v) is 3.84. The highest BCUT2D eigenvalue weighted by molar-refractivity contribution is 5.97. The van der Waals surface area contributed by atoms with Gasteiger partial charge in [0.05, 0.1) is 19.3 Å². The van der Waals surface area contributed by atoms with E-state index in [2.05, 4.69) is 31.2 Å². The van der Waals surface area contributed by atoms with Gasteiger partial charge in [0.15, 0.2) is 0 Å². The van der Waals surface area contributed by atoms with Gasteiger partial charge in [0.2, 0.25) is 29.5 Å². The summed E-state index contributed by atoms with van der Waals surface area (Å²) in [4.78, 5) is 66.9. The van der Waals surface area contributed by atoms with Crippen LogP contribution in [0.4, 0.5) is 0 Å². The predicted molar refractivity (Wildman–Crippen MR) is 90.6 cm³/mol. The van der Waals surface area contributed by atoms with Crippen LogP contribution in [0, 0.1) is 0 Å². The number of primary amides is 1. The number of rotatable bonds is 4. The minimum Gasteiger partial charge on any atom is -0.370 e. The van der Waals surface area contributed by atoms with Crippen molar-refractivity contribution >= 4 is 29.5 Å². The van der Waals surface area contributed by atoms with Crippen molar-refractivity contribution in [3.8, 4) is 0 Å². The summed E-state index contributed by atoms with van der Waals surface area (Å²) in [6.07, 6.45) is 2.49. The minimum atomic E-state index is -1.29. The number of nitrogens with two attached hydrogens (primary N) is 1. The molecule has 1 aromatic heterocycles. The van der Waals surface area contributed by atoms with Gasteiger partial charge in [-0.15, -0.1) is 0 Å². The molecule has 1 aromatic rings. The lowest BCUT2D eigenvalue weighted by molar-refractivity contribution is -0.136. The second-order valence-electron chi connectivity index (χ2n) is 6.08. The molecule has 12 nitrogen and oxygen atoms in total. The fourth-order valence-electron chi connectivity index (χ4n) is 2.45. The zero-order valence-corrected chi connectivity index (χ0v) is 14.6. The van der Waals surface area contributed by atoms with Crippen molar-refractivity contribution in [2.45, 2.75) is 37.9 Å². The van der Waals surface area contributed by atoms with Crippen LogP contribution in [-0.2, 0) is 30.4 Å². The summed E-state index contributed by atoms with van der Waals surface area (Å²) < 4.78 is 0. The molecular weight excluding hydrogens is 358 g/mol. The normalized spacial score (nSPS) is 24.6. The number of imidazole rings is 1. The molecule has 0 unspecified atom stereocenters. The molecule has 1 aliphatic rings. The zero-order valence-electron chi connectivity index (χ0n) is 14.6. The van der Waals surface area contributed by atoms with Crippen molar-refractivity contribution in [1.29, 1.82) is 0 Å². The molecule has 0 radical (unpaired) electrons. The lowest BCUT2D eigenvalue weighted by atomic mass is 10.1. The number of hydrogen-bond acceptors (Lipinski definition) is 6. The average molecular weight is 379 g/mol. The van der Waals surface area contributed by atoms with Gasteiger partial charge in [-0.2, -0.15) is 0 Å². The van der Waals surface area contributed by atoms with E-state index in [-0.39, 0.29) is 13.0 Å². The molecule has 1 saturated heterocycles. The minimum absolute atomic E-state index is 0.0623. The van der Waals surface area contributed by atoms with E-state index in [4.69, 9.17) is 5.73 Å². The molecule has 12 heteroatoms. The molecule has 3 atom stereocenters. The van der Waals surface area contributed by atoms with Crippen LogP contribution in [0.25, 0.3) is 0 Å². The summed E-state index contributed by atoms with van der Waals surface area (Å²) in [5.74, 6) is -3.41. The molecule has 7 N–H and O–H groups in total. The Morgan fingerprint density at radius 2 is 1.81 bits per heavy atom. The number of carbonyl (C=O) groups excluding carboxylic acids is 5. The van der Waals surface area contributed by atoms with E-state index >= 15 is 0 Å². The Morgan fingerprint density at radius 3 is 2.44 bits per heavy atom. The molecule has 1 aliphatic heterocycles. The Morgan fingerprint density at radius 1 is 1.11 bits per heavy atom. The van der Waals surface area contributed by atoms with Gasteiger partial charge < -0.3 is 32.0 Å². The van der Waals surface area contributed by atoms with E-state index < -0.39 is 54.1 Å². The lowest BCUT2D eigenvalue weighted by Crippen LogP contribution is -2.59. The van der Waals surface area contributed by atoms with Crippen molar-refractivity contribution in [2.75, 3.05) is 6.54 Å². The Kier molecular flexibility index (Phi) is 6.46. The number of amides is 5. The third kappa shape index (κ3) is 5.80. The fourth-order valence-corrected chi connectivity index (χ4v) is 2.45. The van der Waals surface area contributed by atoms with E-state index in [1.807, 2.05) is 0 Å². The molecular formula is C15H21N7O5. The number of hydrogen-bond donors (Lipinski definition) is 6.